The summed E-state index contributed by atoms with van der Waals surface area (Å²) in [5.74, 6) is 1.63. The molecule has 0 aromatic rings. The van der Waals surface area contributed by atoms with Gasteiger partial charge >= 0.3 is 0 Å². The van der Waals surface area contributed by atoms with Gasteiger partial charge in [0.2, 0.25) is 5.91 Å². The van der Waals surface area contributed by atoms with Gasteiger partial charge in [-0.2, -0.15) is 0 Å². The van der Waals surface area contributed by atoms with Crippen LogP contribution < -0.4 is 5.73 Å². The lowest BCUT2D eigenvalue weighted by Crippen LogP contribution is -2.38. The third-order valence-corrected chi connectivity index (χ3v) is 4.50. The van der Waals surface area contributed by atoms with E-state index in [1.807, 2.05) is 0 Å². The van der Waals surface area contributed by atoms with Gasteiger partial charge in [-0.05, 0) is 31.1 Å². The lowest BCUT2D eigenvalue weighted by atomic mass is 9.78. The molecule has 1 heterocycles. The van der Waals surface area contributed by atoms with Crippen molar-refractivity contribution >= 4 is 5.91 Å². The molecular weight excluding hydrogens is 212 g/mol. The van der Waals surface area contributed by atoms with Crippen molar-refractivity contribution in [3.63, 3.8) is 0 Å². The molecule has 3 heteroatoms. The molecule has 1 aliphatic carbocycles. The minimum atomic E-state index is 0.335. The van der Waals surface area contributed by atoms with E-state index in [9.17, 15) is 4.79 Å². The lowest BCUT2D eigenvalue weighted by molar-refractivity contribution is -0.130. The van der Waals surface area contributed by atoms with Gasteiger partial charge in [0, 0.05) is 25.6 Å². The van der Waals surface area contributed by atoms with Crippen LogP contribution >= 0.6 is 0 Å². The monoisotopic (exact) mass is 238 g/mol. The molecule has 1 saturated heterocycles. The third kappa shape index (κ3) is 3.01. The number of carbonyl (C=O) groups is 1. The van der Waals surface area contributed by atoms with Gasteiger partial charge in [0.1, 0.15) is 0 Å². The standard InChI is InChI=1S/C14H26N2O/c1-2-3-4-8-14(17)16-9-11-6-5-7-13(15)12(11)10-16/h11-13H,2-10,15H2,1H3. The average Bonchev–Trinajstić information content (AvgIpc) is 2.75. The zero-order valence-corrected chi connectivity index (χ0v) is 11.0. The molecule has 2 aliphatic rings. The van der Waals surface area contributed by atoms with E-state index in [4.69, 9.17) is 5.73 Å². The molecule has 2 rings (SSSR count). The molecule has 0 aromatic heterocycles. The number of rotatable bonds is 4. The smallest absolute Gasteiger partial charge is 0.222 e. The van der Waals surface area contributed by atoms with Crippen LogP contribution in [0, 0.1) is 11.8 Å². The van der Waals surface area contributed by atoms with Crippen LogP contribution in [0.25, 0.3) is 0 Å². The van der Waals surface area contributed by atoms with E-state index < -0.39 is 0 Å². The van der Waals surface area contributed by atoms with Crippen LogP contribution in [0.3, 0.4) is 0 Å². The Kier molecular flexibility index (Phi) is 4.43. The molecule has 2 fully saturated rings. The fraction of sp³-hybridized carbons (Fsp3) is 0.929. The predicted molar refractivity (Wildman–Crippen MR) is 69.5 cm³/mol. The summed E-state index contributed by atoms with van der Waals surface area (Å²) in [6, 6.07) is 0.335. The van der Waals surface area contributed by atoms with Gasteiger partial charge in [-0.1, -0.05) is 26.2 Å². The van der Waals surface area contributed by atoms with Crippen LogP contribution in [0.5, 0.6) is 0 Å². The van der Waals surface area contributed by atoms with Gasteiger partial charge in [0.15, 0.2) is 0 Å². The molecule has 98 valence electrons. The maximum Gasteiger partial charge on any atom is 0.222 e. The Balaban J connectivity index is 1.81. The molecule has 2 N–H and O–H groups in total. The van der Waals surface area contributed by atoms with E-state index in [0.29, 0.717) is 23.8 Å². The molecule has 3 atom stereocenters. The topological polar surface area (TPSA) is 46.3 Å². The van der Waals surface area contributed by atoms with Gasteiger partial charge < -0.3 is 10.6 Å². The van der Waals surface area contributed by atoms with Gasteiger partial charge in [-0.25, -0.2) is 0 Å². The van der Waals surface area contributed by atoms with Crippen molar-refractivity contribution in [1.82, 2.24) is 4.90 Å². The number of hydrogen-bond donors (Lipinski definition) is 1. The van der Waals surface area contributed by atoms with E-state index >= 15 is 0 Å². The third-order valence-electron chi connectivity index (χ3n) is 4.50. The molecular formula is C14H26N2O. The number of carbonyl (C=O) groups excluding carboxylic acids is 1. The van der Waals surface area contributed by atoms with Gasteiger partial charge in [0.25, 0.3) is 0 Å². The van der Waals surface area contributed by atoms with E-state index in [-0.39, 0.29) is 0 Å². The van der Waals surface area contributed by atoms with Crippen LogP contribution in [-0.4, -0.2) is 29.9 Å². The maximum absolute atomic E-state index is 12.1. The van der Waals surface area contributed by atoms with Gasteiger partial charge in [-0.15, -0.1) is 0 Å². The first kappa shape index (κ1) is 12.9. The highest BCUT2D eigenvalue weighted by Crippen LogP contribution is 2.35. The van der Waals surface area contributed by atoms with E-state index in [2.05, 4.69) is 11.8 Å². The molecule has 3 nitrogen and oxygen atoms in total. The fourth-order valence-corrected chi connectivity index (χ4v) is 3.40. The molecule has 1 aliphatic heterocycles. The molecule has 0 aromatic carbocycles. The van der Waals surface area contributed by atoms with Crippen molar-refractivity contribution in [2.45, 2.75) is 57.9 Å². The molecule has 1 saturated carbocycles. The fourth-order valence-electron chi connectivity index (χ4n) is 3.40. The normalized spacial score (nSPS) is 32.6. The summed E-state index contributed by atoms with van der Waals surface area (Å²) in [5, 5.41) is 0. The Hall–Kier alpha value is -0.570. The Morgan fingerprint density at radius 1 is 1.29 bits per heavy atom. The van der Waals surface area contributed by atoms with Crippen LogP contribution in [-0.2, 0) is 4.79 Å². The number of likely N-dealkylation sites (tertiary alicyclic amines) is 1. The van der Waals surface area contributed by atoms with Crippen molar-refractivity contribution in [3.05, 3.63) is 0 Å². The summed E-state index contributed by atoms with van der Waals surface area (Å²) in [6.07, 6.45) is 7.82. The minimum Gasteiger partial charge on any atom is -0.342 e. The van der Waals surface area contributed by atoms with E-state index in [0.717, 1.165) is 32.4 Å². The van der Waals surface area contributed by atoms with Crippen LogP contribution in [0.1, 0.15) is 51.9 Å². The number of nitrogens with two attached hydrogens (primary N) is 1. The highest BCUT2D eigenvalue weighted by atomic mass is 16.2. The number of fused-ring (bicyclic) bond motifs is 1. The SMILES string of the molecule is CCCCCC(=O)N1CC2CCCC(N)C2C1. The summed E-state index contributed by atoms with van der Waals surface area (Å²) >= 11 is 0. The molecule has 17 heavy (non-hydrogen) atoms. The summed E-state index contributed by atoms with van der Waals surface area (Å²) < 4.78 is 0. The van der Waals surface area contributed by atoms with Crippen molar-refractivity contribution in [1.29, 1.82) is 0 Å². The Morgan fingerprint density at radius 3 is 2.82 bits per heavy atom. The number of amides is 1. The maximum atomic E-state index is 12.1. The van der Waals surface area contributed by atoms with Crippen molar-refractivity contribution in [3.8, 4) is 0 Å². The second-order valence-corrected chi connectivity index (χ2v) is 5.77. The second kappa shape index (κ2) is 5.85. The van der Waals surface area contributed by atoms with Crippen LogP contribution in [0.15, 0.2) is 0 Å². The first-order chi connectivity index (χ1) is 8.22. The Bertz CT molecular complexity index is 267. The summed E-state index contributed by atoms with van der Waals surface area (Å²) in [6.45, 7) is 4.08. The molecule has 0 radical (unpaired) electrons. The quantitative estimate of drug-likeness (QED) is 0.763. The summed E-state index contributed by atoms with van der Waals surface area (Å²) in [5.41, 5.74) is 6.17. The molecule has 1 amide bonds. The highest BCUT2D eigenvalue weighted by molar-refractivity contribution is 5.76. The highest BCUT2D eigenvalue weighted by Gasteiger charge is 2.39. The number of hydrogen-bond acceptors (Lipinski definition) is 2. The van der Waals surface area contributed by atoms with E-state index in [1.54, 1.807) is 0 Å². The summed E-state index contributed by atoms with van der Waals surface area (Å²) in [4.78, 5) is 14.1. The largest absolute Gasteiger partial charge is 0.342 e. The van der Waals surface area contributed by atoms with E-state index in [1.165, 1.54) is 25.7 Å². The van der Waals surface area contributed by atoms with Gasteiger partial charge in [0.05, 0.1) is 0 Å². The van der Waals surface area contributed by atoms with Gasteiger partial charge in [-0.3, -0.25) is 4.79 Å². The minimum absolute atomic E-state index is 0.335. The molecule has 0 spiro atoms. The predicted octanol–water partition coefficient (Wildman–Crippen LogP) is 2.15. The van der Waals surface area contributed by atoms with Crippen LogP contribution in [0.4, 0.5) is 0 Å². The Morgan fingerprint density at radius 2 is 2.12 bits per heavy atom. The Labute approximate surface area is 105 Å². The van der Waals surface area contributed by atoms with Crippen molar-refractivity contribution in [2.24, 2.45) is 17.6 Å². The zero-order chi connectivity index (χ0) is 12.3. The van der Waals surface area contributed by atoms with Crippen LogP contribution in [0.2, 0.25) is 0 Å². The zero-order valence-electron chi connectivity index (χ0n) is 11.0. The number of nitrogens with zero attached hydrogens (tertiary/aromatic N) is 1. The van der Waals surface area contributed by atoms with Crippen molar-refractivity contribution in [2.75, 3.05) is 13.1 Å². The van der Waals surface area contributed by atoms with Crippen molar-refractivity contribution < 1.29 is 4.79 Å². The summed E-state index contributed by atoms with van der Waals surface area (Å²) in [7, 11) is 0. The number of unbranched alkanes of at least 4 members (excludes halogenated alkanes) is 2. The average molecular weight is 238 g/mol. The molecule has 3 unspecified atom stereocenters. The molecule has 0 bridgehead atoms. The first-order valence-electron chi connectivity index (χ1n) is 7.25. The second-order valence-electron chi connectivity index (χ2n) is 5.77. The first-order valence-corrected chi connectivity index (χ1v) is 7.25. The lowest BCUT2D eigenvalue weighted by Gasteiger charge is -2.29.